The van der Waals surface area contributed by atoms with Gasteiger partial charge in [-0.1, -0.05) is 124 Å². The van der Waals surface area contributed by atoms with Crippen LogP contribution in [0.4, 0.5) is 0 Å². The van der Waals surface area contributed by atoms with E-state index >= 15 is 0 Å². The Morgan fingerprint density at radius 2 is 1.31 bits per heavy atom. The Labute approximate surface area is 220 Å². The predicted molar refractivity (Wildman–Crippen MR) is 145 cm³/mol. The van der Waals surface area contributed by atoms with Gasteiger partial charge < -0.3 is 15.6 Å². The van der Waals surface area contributed by atoms with Gasteiger partial charge in [-0.05, 0) is 31.1 Å². The van der Waals surface area contributed by atoms with Gasteiger partial charge in [-0.3, -0.25) is 14.4 Å². The number of carbonyl (C=O) groups excluding carboxylic acids is 2. The first-order valence-electron chi connectivity index (χ1n) is 15.0. The maximum Gasteiger partial charge on any atom is 0.319 e. The Morgan fingerprint density at radius 1 is 0.861 bits per heavy atom. The summed E-state index contributed by atoms with van der Waals surface area (Å²) in [4.78, 5) is 36.7. The number of amides is 1. The highest BCUT2D eigenvalue weighted by Crippen LogP contribution is 2.45. The molecule has 1 saturated heterocycles. The number of rotatable bonds is 23. The normalized spacial score (nSPS) is 20.0. The van der Waals surface area contributed by atoms with Crippen LogP contribution in [0.1, 0.15) is 143 Å². The van der Waals surface area contributed by atoms with Gasteiger partial charge in [0.1, 0.15) is 6.10 Å². The number of hydrogen-bond acceptors (Lipinski definition) is 4. The van der Waals surface area contributed by atoms with E-state index in [2.05, 4.69) is 6.92 Å². The van der Waals surface area contributed by atoms with Crippen molar-refractivity contribution in [2.75, 3.05) is 0 Å². The van der Waals surface area contributed by atoms with Crippen LogP contribution >= 0.6 is 0 Å². The fourth-order valence-corrected chi connectivity index (χ4v) is 6.10. The standard InChI is InChI=1S/C30H55NO5/c1-5-7-8-9-10-11-12-13-14-15-16-17-18-19-20-21-24(22-26-25(6-2)27(32)36-26)30(23(3)4,28(31)33)29(34)35/h23-26H,5-22H2,1-4H3,(H2,31,33)(H,34,35)/t24-,25+,26+,30+/m0/s1. The van der Waals surface area contributed by atoms with Gasteiger partial charge in [0.2, 0.25) is 5.91 Å². The second-order valence-electron chi connectivity index (χ2n) is 11.4. The summed E-state index contributed by atoms with van der Waals surface area (Å²) in [5.41, 5.74) is 4.09. The molecule has 0 bridgehead atoms. The average Bonchev–Trinajstić information content (AvgIpc) is 2.80. The number of carboxylic acids is 1. The van der Waals surface area contributed by atoms with E-state index < -0.39 is 29.1 Å². The number of hydrogen-bond donors (Lipinski definition) is 2. The quantitative estimate of drug-likeness (QED) is 0.0846. The lowest BCUT2D eigenvalue weighted by Gasteiger charge is -2.43. The Balaban J connectivity index is 2.40. The van der Waals surface area contributed by atoms with Gasteiger partial charge in [-0.15, -0.1) is 0 Å². The third-order valence-corrected chi connectivity index (χ3v) is 8.45. The number of cyclic esters (lactones) is 1. The molecule has 3 N–H and O–H groups in total. The molecule has 6 nitrogen and oxygen atoms in total. The zero-order chi connectivity index (χ0) is 27.0. The summed E-state index contributed by atoms with van der Waals surface area (Å²) >= 11 is 0. The minimum Gasteiger partial charge on any atom is -0.480 e. The summed E-state index contributed by atoms with van der Waals surface area (Å²) in [5.74, 6) is -3.26. The molecule has 210 valence electrons. The summed E-state index contributed by atoms with van der Waals surface area (Å²) in [6, 6.07) is 0. The van der Waals surface area contributed by atoms with Crippen molar-refractivity contribution in [2.45, 2.75) is 149 Å². The molecular formula is C30H55NO5. The third kappa shape index (κ3) is 9.70. The summed E-state index contributed by atoms with van der Waals surface area (Å²) in [7, 11) is 0. The van der Waals surface area contributed by atoms with E-state index in [4.69, 9.17) is 10.5 Å². The summed E-state index contributed by atoms with van der Waals surface area (Å²) < 4.78 is 5.35. The van der Waals surface area contributed by atoms with Crippen LogP contribution < -0.4 is 5.73 Å². The van der Waals surface area contributed by atoms with Crippen LogP contribution in [0.15, 0.2) is 0 Å². The summed E-state index contributed by atoms with van der Waals surface area (Å²) in [5, 5.41) is 10.1. The average molecular weight is 510 g/mol. The smallest absolute Gasteiger partial charge is 0.319 e. The predicted octanol–water partition coefficient (Wildman–Crippen LogP) is 7.42. The molecule has 0 aromatic heterocycles. The second-order valence-corrected chi connectivity index (χ2v) is 11.4. The van der Waals surface area contributed by atoms with Crippen molar-refractivity contribution in [3.8, 4) is 0 Å². The van der Waals surface area contributed by atoms with Gasteiger partial charge in [0, 0.05) is 0 Å². The zero-order valence-corrected chi connectivity index (χ0v) is 23.7. The molecule has 0 spiro atoms. The number of carboxylic acid groups (broad SMARTS) is 1. The van der Waals surface area contributed by atoms with Gasteiger partial charge >= 0.3 is 11.9 Å². The molecule has 0 aromatic rings. The summed E-state index contributed by atoms with van der Waals surface area (Å²) in [6.45, 7) is 7.70. The molecule has 6 heteroatoms. The highest BCUT2D eigenvalue weighted by atomic mass is 16.6. The topological polar surface area (TPSA) is 107 Å². The molecule has 0 aromatic carbocycles. The number of esters is 1. The molecule has 1 heterocycles. The molecule has 0 aliphatic carbocycles. The van der Waals surface area contributed by atoms with E-state index in [-0.39, 0.29) is 18.0 Å². The van der Waals surface area contributed by atoms with E-state index in [9.17, 15) is 19.5 Å². The van der Waals surface area contributed by atoms with Crippen LogP contribution in [0.3, 0.4) is 0 Å². The molecule has 1 aliphatic rings. The van der Waals surface area contributed by atoms with Gasteiger partial charge in [0.15, 0.2) is 5.41 Å². The number of nitrogens with two attached hydrogens (primary N) is 1. The van der Waals surface area contributed by atoms with Crippen LogP contribution in [-0.2, 0) is 19.1 Å². The van der Waals surface area contributed by atoms with E-state index in [1.807, 2.05) is 6.92 Å². The molecule has 0 saturated carbocycles. The molecule has 0 radical (unpaired) electrons. The lowest BCUT2D eigenvalue weighted by atomic mass is 9.62. The highest BCUT2D eigenvalue weighted by Gasteiger charge is 2.55. The van der Waals surface area contributed by atoms with E-state index in [0.29, 0.717) is 19.3 Å². The number of carbonyl (C=O) groups is 3. The van der Waals surface area contributed by atoms with Crippen molar-refractivity contribution < 1.29 is 24.2 Å². The Hall–Kier alpha value is -1.59. The van der Waals surface area contributed by atoms with Crippen LogP contribution in [0, 0.1) is 23.2 Å². The lowest BCUT2D eigenvalue weighted by Crippen LogP contribution is -2.55. The van der Waals surface area contributed by atoms with Crippen molar-refractivity contribution in [2.24, 2.45) is 28.9 Å². The number of primary amides is 1. The van der Waals surface area contributed by atoms with Crippen molar-refractivity contribution in [1.29, 1.82) is 0 Å². The van der Waals surface area contributed by atoms with E-state index in [0.717, 1.165) is 19.3 Å². The fraction of sp³-hybridized carbons (Fsp3) is 0.900. The Morgan fingerprint density at radius 3 is 1.64 bits per heavy atom. The van der Waals surface area contributed by atoms with Crippen LogP contribution in [-0.4, -0.2) is 29.1 Å². The molecular weight excluding hydrogens is 454 g/mol. The largest absolute Gasteiger partial charge is 0.480 e. The molecule has 0 unspecified atom stereocenters. The van der Waals surface area contributed by atoms with Crippen LogP contribution in [0.5, 0.6) is 0 Å². The lowest BCUT2D eigenvalue weighted by molar-refractivity contribution is -0.189. The van der Waals surface area contributed by atoms with Crippen molar-refractivity contribution >= 4 is 17.8 Å². The van der Waals surface area contributed by atoms with Crippen molar-refractivity contribution in [3.05, 3.63) is 0 Å². The number of unbranched alkanes of at least 4 members (excludes halogenated alkanes) is 14. The van der Waals surface area contributed by atoms with Crippen molar-refractivity contribution in [1.82, 2.24) is 0 Å². The maximum atomic E-state index is 12.5. The second kappa shape index (κ2) is 17.8. The zero-order valence-electron chi connectivity index (χ0n) is 23.7. The monoisotopic (exact) mass is 509 g/mol. The van der Waals surface area contributed by atoms with Crippen molar-refractivity contribution in [3.63, 3.8) is 0 Å². The minimum absolute atomic E-state index is 0.208. The van der Waals surface area contributed by atoms with Gasteiger partial charge in [0.25, 0.3) is 0 Å². The third-order valence-electron chi connectivity index (χ3n) is 8.45. The van der Waals surface area contributed by atoms with Gasteiger partial charge in [-0.2, -0.15) is 0 Å². The van der Waals surface area contributed by atoms with E-state index in [1.165, 1.54) is 77.0 Å². The number of aliphatic carboxylic acids is 1. The van der Waals surface area contributed by atoms with Gasteiger partial charge in [0.05, 0.1) is 5.92 Å². The highest BCUT2D eigenvalue weighted by molar-refractivity contribution is 6.01. The first-order chi connectivity index (χ1) is 17.2. The Kier molecular flexibility index (Phi) is 16.0. The summed E-state index contributed by atoms with van der Waals surface area (Å²) in [6.07, 6.45) is 20.3. The molecule has 1 rings (SSSR count). The maximum absolute atomic E-state index is 12.5. The molecule has 36 heavy (non-hydrogen) atoms. The minimum atomic E-state index is -1.64. The SMILES string of the molecule is CCCCCCCCCCCCCCCCC[C@@H](C[C@H]1OC(=O)[C@@H]1CC)[C@](C(N)=O)(C(=O)O)C(C)C. The van der Waals surface area contributed by atoms with Gasteiger partial charge in [-0.25, -0.2) is 0 Å². The van der Waals surface area contributed by atoms with Crippen LogP contribution in [0.2, 0.25) is 0 Å². The Bertz CT molecular complexity index is 633. The molecule has 1 amide bonds. The molecule has 4 atom stereocenters. The number of ether oxygens (including phenoxy) is 1. The molecule has 1 aliphatic heterocycles. The molecule has 1 fully saturated rings. The van der Waals surface area contributed by atoms with E-state index in [1.54, 1.807) is 13.8 Å². The first-order valence-corrected chi connectivity index (χ1v) is 15.0. The van der Waals surface area contributed by atoms with Crippen LogP contribution in [0.25, 0.3) is 0 Å². The first kappa shape index (κ1) is 32.4. The fourth-order valence-electron chi connectivity index (χ4n) is 6.10.